The van der Waals surface area contributed by atoms with Crippen LogP contribution in [-0.4, -0.2) is 12.6 Å². The minimum atomic E-state index is -0.0423. The Morgan fingerprint density at radius 2 is 2.21 bits per heavy atom. The molecule has 0 fully saturated rings. The van der Waals surface area contributed by atoms with E-state index in [-0.39, 0.29) is 5.54 Å². The van der Waals surface area contributed by atoms with Crippen molar-refractivity contribution >= 4 is 0 Å². The summed E-state index contributed by atoms with van der Waals surface area (Å²) in [6.45, 7) is 2.12. The number of hydrogen-bond donors (Lipinski definition) is 1. The second-order valence-corrected chi connectivity index (χ2v) is 4.43. The van der Waals surface area contributed by atoms with Crippen molar-refractivity contribution in [3.8, 4) is 5.75 Å². The molecule has 2 rings (SSSR count). The predicted molar refractivity (Wildman–Crippen MR) is 57.6 cm³/mol. The number of methoxy groups -OCH3 is 1. The summed E-state index contributed by atoms with van der Waals surface area (Å²) in [7, 11) is 1.73. The average molecular weight is 191 g/mol. The lowest BCUT2D eigenvalue weighted by atomic mass is 9.79. The smallest absolute Gasteiger partial charge is 0.122 e. The van der Waals surface area contributed by atoms with Gasteiger partial charge in [-0.05, 0) is 43.4 Å². The third kappa shape index (κ3) is 1.62. The number of fused-ring (bicyclic) bond motifs is 1. The van der Waals surface area contributed by atoms with Crippen LogP contribution in [0.25, 0.3) is 0 Å². The Balaban J connectivity index is 2.40. The molecule has 0 aliphatic heterocycles. The fourth-order valence-electron chi connectivity index (χ4n) is 2.19. The van der Waals surface area contributed by atoms with Crippen molar-refractivity contribution in [1.82, 2.24) is 0 Å². The van der Waals surface area contributed by atoms with Crippen LogP contribution in [0.5, 0.6) is 5.75 Å². The Bertz CT molecular complexity index is 344. The van der Waals surface area contributed by atoms with Crippen LogP contribution < -0.4 is 10.5 Å². The minimum absolute atomic E-state index is 0.0423. The number of benzene rings is 1. The van der Waals surface area contributed by atoms with E-state index in [0.717, 1.165) is 25.0 Å². The molecule has 0 aromatic heterocycles. The number of nitrogens with two attached hydrogens (primary N) is 1. The highest BCUT2D eigenvalue weighted by Gasteiger charge is 2.26. The molecular weight excluding hydrogens is 174 g/mol. The normalized spacial score (nSPS) is 25.6. The summed E-state index contributed by atoms with van der Waals surface area (Å²) < 4.78 is 5.34. The number of rotatable bonds is 1. The van der Waals surface area contributed by atoms with Crippen LogP contribution in [0.1, 0.15) is 24.5 Å². The van der Waals surface area contributed by atoms with Gasteiger partial charge < -0.3 is 10.5 Å². The highest BCUT2D eigenvalue weighted by molar-refractivity contribution is 5.43. The first kappa shape index (κ1) is 9.53. The summed E-state index contributed by atoms with van der Waals surface area (Å²) in [4.78, 5) is 0. The Morgan fingerprint density at radius 1 is 1.43 bits per heavy atom. The molecule has 1 unspecified atom stereocenters. The van der Waals surface area contributed by atoms with Gasteiger partial charge in [0.2, 0.25) is 0 Å². The summed E-state index contributed by atoms with van der Waals surface area (Å²) in [6.07, 6.45) is 3.03. The van der Waals surface area contributed by atoms with Gasteiger partial charge in [-0.15, -0.1) is 0 Å². The van der Waals surface area contributed by atoms with E-state index >= 15 is 0 Å². The van der Waals surface area contributed by atoms with Gasteiger partial charge in [0.05, 0.1) is 7.11 Å². The SMILES string of the molecule is COc1cccc2c1CCC(C)(N)C2. The van der Waals surface area contributed by atoms with E-state index in [1.807, 2.05) is 12.1 Å². The largest absolute Gasteiger partial charge is 0.496 e. The molecule has 14 heavy (non-hydrogen) atoms. The molecule has 1 aliphatic carbocycles. The molecule has 1 atom stereocenters. The highest BCUT2D eigenvalue weighted by Crippen LogP contribution is 2.32. The zero-order valence-electron chi connectivity index (χ0n) is 8.84. The van der Waals surface area contributed by atoms with Gasteiger partial charge >= 0.3 is 0 Å². The molecule has 0 amide bonds. The highest BCUT2D eigenvalue weighted by atomic mass is 16.5. The van der Waals surface area contributed by atoms with Crippen LogP contribution in [0, 0.1) is 0 Å². The maximum atomic E-state index is 6.14. The monoisotopic (exact) mass is 191 g/mol. The zero-order chi connectivity index (χ0) is 10.2. The average Bonchev–Trinajstić information content (AvgIpc) is 2.15. The fourth-order valence-corrected chi connectivity index (χ4v) is 2.19. The maximum Gasteiger partial charge on any atom is 0.122 e. The van der Waals surface area contributed by atoms with Crippen molar-refractivity contribution < 1.29 is 4.74 Å². The van der Waals surface area contributed by atoms with Crippen molar-refractivity contribution in [2.45, 2.75) is 31.7 Å². The van der Waals surface area contributed by atoms with Gasteiger partial charge in [-0.2, -0.15) is 0 Å². The van der Waals surface area contributed by atoms with Crippen LogP contribution in [0.2, 0.25) is 0 Å². The van der Waals surface area contributed by atoms with E-state index in [0.29, 0.717) is 0 Å². The second-order valence-electron chi connectivity index (χ2n) is 4.43. The number of ether oxygens (including phenoxy) is 1. The summed E-state index contributed by atoms with van der Waals surface area (Å²) in [5.41, 5.74) is 8.79. The third-order valence-corrected chi connectivity index (χ3v) is 2.99. The molecule has 0 heterocycles. The van der Waals surface area contributed by atoms with Gasteiger partial charge in [-0.3, -0.25) is 0 Å². The lowest BCUT2D eigenvalue weighted by Gasteiger charge is -2.31. The van der Waals surface area contributed by atoms with E-state index in [9.17, 15) is 0 Å². The molecule has 2 N–H and O–H groups in total. The Kier molecular flexibility index (Phi) is 2.23. The molecule has 2 nitrogen and oxygen atoms in total. The van der Waals surface area contributed by atoms with Crippen LogP contribution in [0.15, 0.2) is 18.2 Å². The van der Waals surface area contributed by atoms with Crippen molar-refractivity contribution in [2.24, 2.45) is 5.73 Å². The summed E-state index contributed by atoms with van der Waals surface area (Å²) in [5, 5.41) is 0. The topological polar surface area (TPSA) is 35.2 Å². The number of hydrogen-bond acceptors (Lipinski definition) is 2. The lowest BCUT2D eigenvalue weighted by molar-refractivity contribution is 0.379. The zero-order valence-corrected chi connectivity index (χ0v) is 8.84. The molecule has 0 spiro atoms. The maximum absolute atomic E-state index is 6.14. The van der Waals surface area contributed by atoms with E-state index in [1.165, 1.54) is 11.1 Å². The molecular formula is C12H17NO. The molecule has 0 saturated heterocycles. The van der Waals surface area contributed by atoms with Crippen molar-refractivity contribution in [1.29, 1.82) is 0 Å². The quantitative estimate of drug-likeness (QED) is 0.736. The predicted octanol–water partition coefficient (Wildman–Crippen LogP) is 1.90. The van der Waals surface area contributed by atoms with E-state index in [1.54, 1.807) is 7.11 Å². The molecule has 1 aliphatic rings. The van der Waals surface area contributed by atoms with Gasteiger partial charge in [-0.25, -0.2) is 0 Å². The Labute approximate surface area is 85.1 Å². The van der Waals surface area contributed by atoms with Gasteiger partial charge in [0.15, 0.2) is 0 Å². The fraction of sp³-hybridized carbons (Fsp3) is 0.500. The minimum Gasteiger partial charge on any atom is -0.496 e. The first-order valence-corrected chi connectivity index (χ1v) is 5.06. The molecule has 0 radical (unpaired) electrons. The first-order valence-electron chi connectivity index (χ1n) is 5.06. The van der Waals surface area contributed by atoms with Crippen LogP contribution in [0.3, 0.4) is 0 Å². The van der Waals surface area contributed by atoms with E-state index in [4.69, 9.17) is 10.5 Å². The standard InChI is InChI=1S/C12H17NO/c1-12(13)7-6-10-9(8-12)4-3-5-11(10)14-2/h3-5H,6-8,13H2,1-2H3. The Morgan fingerprint density at radius 3 is 2.93 bits per heavy atom. The molecule has 1 aromatic rings. The van der Waals surface area contributed by atoms with Gasteiger partial charge in [0, 0.05) is 5.54 Å². The lowest BCUT2D eigenvalue weighted by Crippen LogP contribution is -2.41. The third-order valence-electron chi connectivity index (χ3n) is 2.99. The molecule has 1 aromatic carbocycles. The second kappa shape index (κ2) is 3.28. The first-order chi connectivity index (χ1) is 6.62. The molecule has 2 heteroatoms. The van der Waals surface area contributed by atoms with Crippen molar-refractivity contribution in [2.75, 3.05) is 7.11 Å². The summed E-state index contributed by atoms with van der Waals surface area (Å²) in [5.74, 6) is 1.01. The molecule has 0 bridgehead atoms. The van der Waals surface area contributed by atoms with Crippen LogP contribution in [-0.2, 0) is 12.8 Å². The van der Waals surface area contributed by atoms with Gasteiger partial charge in [-0.1, -0.05) is 12.1 Å². The summed E-state index contributed by atoms with van der Waals surface area (Å²) in [6, 6.07) is 6.22. The van der Waals surface area contributed by atoms with Crippen molar-refractivity contribution in [3.05, 3.63) is 29.3 Å². The molecule has 0 saturated carbocycles. The Hall–Kier alpha value is -1.02. The molecule has 76 valence electrons. The van der Waals surface area contributed by atoms with Crippen LogP contribution in [0.4, 0.5) is 0 Å². The van der Waals surface area contributed by atoms with Crippen LogP contribution >= 0.6 is 0 Å². The van der Waals surface area contributed by atoms with Crippen molar-refractivity contribution in [3.63, 3.8) is 0 Å². The van der Waals surface area contributed by atoms with Gasteiger partial charge in [0.25, 0.3) is 0 Å². The van der Waals surface area contributed by atoms with E-state index < -0.39 is 0 Å². The van der Waals surface area contributed by atoms with E-state index in [2.05, 4.69) is 13.0 Å². The summed E-state index contributed by atoms with van der Waals surface area (Å²) >= 11 is 0. The van der Waals surface area contributed by atoms with Gasteiger partial charge in [0.1, 0.15) is 5.75 Å².